The fourth-order valence-corrected chi connectivity index (χ4v) is 1.65. The Morgan fingerprint density at radius 2 is 2.22 bits per heavy atom. The van der Waals surface area contributed by atoms with Crippen LogP contribution in [0.5, 0.6) is 5.75 Å². The highest BCUT2D eigenvalue weighted by Crippen LogP contribution is 2.16. The van der Waals surface area contributed by atoms with Gasteiger partial charge in [0.05, 0.1) is 5.56 Å². The number of hydrogen-bond acceptors (Lipinski definition) is 3. The molecule has 0 saturated heterocycles. The summed E-state index contributed by atoms with van der Waals surface area (Å²) in [6.45, 7) is 3.97. The van der Waals surface area contributed by atoms with Gasteiger partial charge >= 0.3 is 0 Å². The van der Waals surface area contributed by atoms with Gasteiger partial charge in [-0.2, -0.15) is 5.26 Å². The van der Waals surface area contributed by atoms with Gasteiger partial charge in [0.2, 0.25) is 0 Å². The molecule has 1 aromatic rings. The maximum Gasteiger partial charge on any atom is 0.258 e. The molecule has 4 nitrogen and oxygen atoms in total. The van der Waals surface area contributed by atoms with E-state index in [-0.39, 0.29) is 18.6 Å². The molecule has 96 valence electrons. The molecule has 0 saturated carbocycles. The second-order valence-electron chi connectivity index (χ2n) is 4.15. The van der Waals surface area contributed by atoms with Gasteiger partial charge in [0, 0.05) is 6.04 Å². The van der Waals surface area contributed by atoms with Gasteiger partial charge in [-0.1, -0.05) is 25.5 Å². The minimum Gasteiger partial charge on any atom is -0.482 e. The molecule has 0 bridgehead atoms. The molecule has 1 N–H and O–H groups in total. The van der Waals surface area contributed by atoms with Crippen LogP contribution in [0.3, 0.4) is 0 Å². The minimum absolute atomic E-state index is 0.0628. The lowest BCUT2D eigenvalue weighted by atomic mass is 10.2. The van der Waals surface area contributed by atoms with Gasteiger partial charge in [-0.15, -0.1) is 0 Å². The normalized spacial score (nSPS) is 11.4. The Bertz CT molecular complexity index is 438. The molecule has 1 atom stereocenters. The Morgan fingerprint density at radius 1 is 1.50 bits per heavy atom. The first-order valence-electron chi connectivity index (χ1n) is 6.08. The Kier molecular flexibility index (Phi) is 5.72. The van der Waals surface area contributed by atoms with Crippen LogP contribution in [-0.2, 0) is 4.79 Å². The Hall–Kier alpha value is -2.02. The smallest absolute Gasteiger partial charge is 0.258 e. The predicted molar refractivity (Wildman–Crippen MR) is 69.2 cm³/mol. The first-order valence-corrected chi connectivity index (χ1v) is 6.08. The summed E-state index contributed by atoms with van der Waals surface area (Å²) in [6, 6.07) is 9.05. The van der Waals surface area contributed by atoms with Crippen molar-refractivity contribution in [3.05, 3.63) is 29.8 Å². The number of carbonyl (C=O) groups is 1. The van der Waals surface area contributed by atoms with Gasteiger partial charge in [-0.3, -0.25) is 4.79 Å². The van der Waals surface area contributed by atoms with E-state index in [0.717, 1.165) is 12.8 Å². The van der Waals surface area contributed by atoms with Crippen LogP contribution >= 0.6 is 0 Å². The molecule has 1 unspecified atom stereocenters. The van der Waals surface area contributed by atoms with Crippen LogP contribution in [0.1, 0.15) is 32.3 Å². The zero-order chi connectivity index (χ0) is 13.4. The Morgan fingerprint density at radius 3 is 2.89 bits per heavy atom. The minimum atomic E-state index is -0.163. The highest BCUT2D eigenvalue weighted by molar-refractivity contribution is 5.77. The Labute approximate surface area is 108 Å². The molecule has 1 aromatic carbocycles. The molecule has 0 radical (unpaired) electrons. The zero-order valence-electron chi connectivity index (χ0n) is 10.8. The summed E-state index contributed by atoms with van der Waals surface area (Å²) in [5.74, 6) is 0.280. The van der Waals surface area contributed by atoms with Crippen molar-refractivity contribution in [3.8, 4) is 11.8 Å². The van der Waals surface area contributed by atoms with Crippen molar-refractivity contribution in [1.82, 2.24) is 5.32 Å². The molecule has 4 heteroatoms. The molecule has 1 rings (SSSR count). The predicted octanol–water partition coefficient (Wildman–Crippen LogP) is 2.24. The van der Waals surface area contributed by atoms with E-state index in [1.165, 1.54) is 0 Å². The van der Waals surface area contributed by atoms with Crippen LogP contribution < -0.4 is 10.1 Å². The maximum absolute atomic E-state index is 11.6. The average molecular weight is 246 g/mol. The second-order valence-corrected chi connectivity index (χ2v) is 4.15. The number of hydrogen-bond donors (Lipinski definition) is 1. The van der Waals surface area contributed by atoms with Crippen molar-refractivity contribution < 1.29 is 9.53 Å². The Balaban J connectivity index is 2.45. The molecule has 18 heavy (non-hydrogen) atoms. The zero-order valence-corrected chi connectivity index (χ0v) is 10.8. The topological polar surface area (TPSA) is 62.1 Å². The molecule has 0 heterocycles. The van der Waals surface area contributed by atoms with Crippen molar-refractivity contribution in [2.24, 2.45) is 0 Å². The molecule has 1 amide bonds. The number of carbonyl (C=O) groups excluding carboxylic acids is 1. The van der Waals surface area contributed by atoms with Crippen LogP contribution in [0.15, 0.2) is 24.3 Å². The summed E-state index contributed by atoms with van der Waals surface area (Å²) in [7, 11) is 0. The molecular weight excluding hydrogens is 228 g/mol. The standard InChI is InChI=1S/C14H18N2O2/c1-3-6-11(2)16-14(17)10-18-13-8-5-4-7-12(13)9-15/h4-5,7-8,11H,3,6,10H2,1-2H3,(H,16,17). The summed E-state index contributed by atoms with van der Waals surface area (Å²) in [5.41, 5.74) is 0.437. The summed E-state index contributed by atoms with van der Waals surface area (Å²) in [6.07, 6.45) is 1.97. The van der Waals surface area contributed by atoms with E-state index in [1.807, 2.05) is 13.0 Å². The van der Waals surface area contributed by atoms with Gasteiger partial charge in [0.15, 0.2) is 6.61 Å². The van der Waals surface area contributed by atoms with E-state index in [9.17, 15) is 4.79 Å². The van der Waals surface area contributed by atoms with E-state index in [0.29, 0.717) is 11.3 Å². The van der Waals surface area contributed by atoms with Crippen LogP contribution in [0.25, 0.3) is 0 Å². The number of nitrogens with zero attached hydrogens (tertiary/aromatic N) is 1. The van der Waals surface area contributed by atoms with Crippen molar-refractivity contribution in [1.29, 1.82) is 5.26 Å². The van der Waals surface area contributed by atoms with Crippen LogP contribution in [0.2, 0.25) is 0 Å². The summed E-state index contributed by atoms with van der Waals surface area (Å²) < 4.78 is 5.33. The van der Waals surface area contributed by atoms with Crippen molar-refractivity contribution in [2.75, 3.05) is 6.61 Å². The number of nitrogens with one attached hydrogen (secondary N) is 1. The monoisotopic (exact) mass is 246 g/mol. The molecule has 0 aromatic heterocycles. The number of ether oxygens (including phenoxy) is 1. The SMILES string of the molecule is CCCC(C)NC(=O)COc1ccccc1C#N. The lowest BCUT2D eigenvalue weighted by Gasteiger charge is -2.13. The maximum atomic E-state index is 11.6. The average Bonchev–Trinajstić information content (AvgIpc) is 2.37. The van der Waals surface area contributed by atoms with Crippen molar-refractivity contribution >= 4 is 5.91 Å². The van der Waals surface area contributed by atoms with E-state index >= 15 is 0 Å². The lowest BCUT2D eigenvalue weighted by molar-refractivity contribution is -0.123. The first kappa shape index (κ1) is 14.0. The molecule has 0 aliphatic heterocycles. The van der Waals surface area contributed by atoms with Crippen LogP contribution in [0.4, 0.5) is 0 Å². The van der Waals surface area contributed by atoms with Gasteiger partial charge in [-0.05, 0) is 25.5 Å². The van der Waals surface area contributed by atoms with E-state index in [4.69, 9.17) is 10.00 Å². The number of amides is 1. The van der Waals surface area contributed by atoms with Crippen molar-refractivity contribution in [3.63, 3.8) is 0 Å². The number of rotatable bonds is 6. The van der Waals surface area contributed by atoms with Crippen molar-refractivity contribution in [2.45, 2.75) is 32.7 Å². The van der Waals surface area contributed by atoms with E-state index in [1.54, 1.807) is 24.3 Å². The molecular formula is C14H18N2O2. The van der Waals surface area contributed by atoms with E-state index < -0.39 is 0 Å². The number of benzene rings is 1. The first-order chi connectivity index (χ1) is 8.67. The second kappa shape index (κ2) is 7.33. The summed E-state index contributed by atoms with van der Waals surface area (Å²) >= 11 is 0. The third-order valence-electron chi connectivity index (χ3n) is 2.50. The molecule has 0 spiro atoms. The quantitative estimate of drug-likeness (QED) is 0.837. The molecule has 0 aliphatic carbocycles. The molecule has 0 fully saturated rings. The summed E-state index contributed by atoms with van der Waals surface area (Å²) in [4.78, 5) is 11.6. The third-order valence-corrected chi connectivity index (χ3v) is 2.50. The lowest BCUT2D eigenvalue weighted by Crippen LogP contribution is -2.36. The molecule has 0 aliphatic rings. The number of para-hydroxylation sites is 1. The van der Waals surface area contributed by atoms with Crippen LogP contribution in [-0.4, -0.2) is 18.6 Å². The largest absolute Gasteiger partial charge is 0.482 e. The van der Waals surface area contributed by atoms with E-state index in [2.05, 4.69) is 12.2 Å². The van der Waals surface area contributed by atoms with Crippen LogP contribution in [0, 0.1) is 11.3 Å². The fraction of sp³-hybridized carbons (Fsp3) is 0.429. The van der Waals surface area contributed by atoms with Gasteiger partial charge in [0.1, 0.15) is 11.8 Å². The third kappa shape index (κ3) is 4.46. The highest BCUT2D eigenvalue weighted by atomic mass is 16.5. The van der Waals surface area contributed by atoms with Gasteiger partial charge in [0.25, 0.3) is 5.91 Å². The van der Waals surface area contributed by atoms with Gasteiger partial charge in [-0.25, -0.2) is 0 Å². The highest BCUT2D eigenvalue weighted by Gasteiger charge is 2.08. The number of nitriles is 1. The van der Waals surface area contributed by atoms with Gasteiger partial charge < -0.3 is 10.1 Å². The summed E-state index contributed by atoms with van der Waals surface area (Å²) in [5, 5.41) is 11.7. The fourth-order valence-electron chi connectivity index (χ4n) is 1.65.